The molecule has 0 saturated heterocycles. The normalized spacial score (nSPS) is 13.7. The number of furan rings is 1. The first-order valence-electron chi connectivity index (χ1n) is 6.86. The van der Waals surface area contributed by atoms with Crippen molar-refractivity contribution in [1.82, 2.24) is 5.32 Å². The van der Waals surface area contributed by atoms with E-state index in [0.717, 1.165) is 12.0 Å². The van der Waals surface area contributed by atoms with E-state index in [1.165, 1.54) is 0 Å². The first kappa shape index (κ1) is 14.3. The first-order valence-corrected chi connectivity index (χ1v) is 6.86. The maximum atomic E-state index is 12.1. The molecular formula is C16H20N2O2. The van der Waals surface area contributed by atoms with Gasteiger partial charge in [-0.25, -0.2) is 0 Å². The summed E-state index contributed by atoms with van der Waals surface area (Å²) in [5.41, 5.74) is 6.84. The van der Waals surface area contributed by atoms with Crippen LogP contribution in [-0.4, -0.2) is 11.9 Å². The van der Waals surface area contributed by atoms with Crippen LogP contribution in [0.25, 0.3) is 0 Å². The summed E-state index contributed by atoms with van der Waals surface area (Å²) in [6, 6.07) is 12.6. The Labute approximate surface area is 119 Å². The predicted molar refractivity (Wildman–Crippen MR) is 78.0 cm³/mol. The molecule has 0 aliphatic rings. The van der Waals surface area contributed by atoms with Crippen molar-refractivity contribution in [1.29, 1.82) is 0 Å². The molecule has 2 rings (SSSR count). The van der Waals surface area contributed by atoms with Crippen molar-refractivity contribution in [3.8, 4) is 0 Å². The number of carbonyl (C=O) groups excluding carboxylic acids is 1. The SMILES string of the molecule is CCC[C@@H](N)C(=O)NC(c1ccccc1)c1ccco1. The monoisotopic (exact) mass is 272 g/mol. The van der Waals surface area contributed by atoms with Gasteiger partial charge < -0.3 is 15.5 Å². The summed E-state index contributed by atoms with van der Waals surface area (Å²) in [7, 11) is 0. The molecule has 3 N–H and O–H groups in total. The number of benzene rings is 1. The van der Waals surface area contributed by atoms with Crippen molar-refractivity contribution < 1.29 is 9.21 Å². The van der Waals surface area contributed by atoms with E-state index in [-0.39, 0.29) is 11.9 Å². The molecule has 0 aliphatic heterocycles. The number of nitrogens with one attached hydrogen (secondary N) is 1. The third kappa shape index (κ3) is 3.48. The Bertz CT molecular complexity index is 523. The third-order valence-corrected chi connectivity index (χ3v) is 3.18. The summed E-state index contributed by atoms with van der Waals surface area (Å²) >= 11 is 0. The van der Waals surface area contributed by atoms with Gasteiger partial charge >= 0.3 is 0 Å². The van der Waals surface area contributed by atoms with Gasteiger partial charge in [0.15, 0.2) is 0 Å². The van der Waals surface area contributed by atoms with Crippen LogP contribution in [0.4, 0.5) is 0 Å². The molecule has 2 atom stereocenters. The van der Waals surface area contributed by atoms with Crippen molar-refractivity contribution in [3.63, 3.8) is 0 Å². The van der Waals surface area contributed by atoms with Crippen LogP contribution in [0.2, 0.25) is 0 Å². The first-order chi connectivity index (χ1) is 9.72. The summed E-state index contributed by atoms with van der Waals surface area (Å²) in [5, 5.41) is 2.96. The Morgan fingerprint density at radius 3 is 2.60 bits per heavy atom. The van der Waals surface area contributed by atoms with Gasteiger partial charge in [-0.15, -0.1) is 0 Å². The lowest BCUT2D eigenvalue weighted by atomic mass is 10.0. The molecular weight excluding hydrogens is 252 g/mol. The third-order valence-electron chi connectivity index (χ3n) is 3.18. The fourth-order valence-electron chi connectivity index (χ4n) is 2.11. The smallest absolute Gasteiger partial charge is 0.237 e. The quantitative estimate of drug-likeness (QED) is 0.849. The van der Waals surface area contributed by atoms with E-state index >= 15 is 0 Å². The molecule has 1 heterocycles. The topological polar surface area (TPSA) is 68.3 Å². The van der Waals surface area contributed by atoms with Gasteiger partial charge in [0.25, 0.3) is 0 Å². The van der Waals surface area contributed by atoms with Gasteiger partial charge in [0.05, 0.1) is 12.3 Å². The molecule has 106 valence electrons. The molecule has 0 fully saturated rings. The van der Waals surface area contributed by atoms with Crippen LogP contribution in [0.1, 0.15) is 37.1 Å². The van der Waals surface area contributed by atoms with E-state index in [2.05, 4.69) is 5.32 Å². The van der Waals surface area contributed by atoms with Gasteiger partial charge in [0.2, 0.25) is 5.91 Å². The molecule has 1 amide bonds. The van der Waals surface area contributed by atoms with Gasteiger partial charge in [-0.05, 0) is 24.1 Å². The summed E-state index contributed by atoms with van der Waals surface area (Å²) < 4.78 is 5.44. The fraction of sp³-hybridized carbons (Fsp3) is 0.312. The van der Waals surface area contributed by atoms with E-state index in [0.29, 0.717) is 12.2 Å². The molecule has 4 heteroatoms. The summed E-state index contributed by atoms with van der Waals surface area (Å²) in [5.74, 6) is 0.547. The molecule has 1 unspecified atom stereocenters. The highest BCUT2D eigenvalue weighted by atomic mass is 16.3. The molecule has 0 aliphatic carbocycles. The maximum Gasteiger partial charge on any atom is 0.237 e. The van der Waals surface area contributed by atoms with E-state index in [9.17, 15) is 4.79 Å². The minimum Gasteiger partial charge on any atom is -0.467 e. The van der Waals surface area contributed by atoms with Gasteiger partial charge in [-0.3, -0.25) is 4.79 Å². The van der Waals surface area contributed by atoms with Crippen LogP contribution in [0.3, 0.4) is 0 Å². The molecule has 20 heavy (non-hydrogen) atoms. The average Bonchev–Trinajstić information content (AvgIpc) is 2.99. The van der Waals surface area contributed by atoms with Crippen LogP contribution in [0.15, 0.2) is 53.1 Å². The van der Waals surface area contributed by atoms with Crippen LogP contribution < -0.4 is 11.1 Å². The predicted octanol–water partition coefficient (Wildman–Crippen LogP) is 2.61. The van der Waals surface area contributed by atoms with E-state index in [1.54, 1.807) is 6.26 Å². The highest BCUT2D eigenvalue weighted by Crippen LogP contribution is 2.22. The Balaban J connectivity index is 2.18. The van der Waals surface area contributed by atoms with Crippen LogP contribution in [0, 0.1) is 0 Å². The van der Waals surface area contributed by atoms with Crippen molar-refractivity contribution in [2.75, 3.05) is 0 Å². The second kappa shape index (κ2) is 6.91. The van der Waals surface area contributed by atoms with E-state index < -0.39 is 6.04 Å². The molecule has 2 aromatic rings. The standard InChI is InChI=1S/C16H20N2O2/c1-2-7-13(17)16(19)18-15(14-10-6-11-20-14)12-8-4-3-5-9-12/h3-6,8-11,13,15H,2,7,17H2,1H3,(H,18,19)/t13-,15?/m1/s1. The van der Waals surface area contributed by atoms with Crippen LogP contribution >= 0.6 is 0 Å². The highest BCUT2D eigenvalue weighted by molar-refractivity contribution is 5.82. The van der Waals surface area contributed by atoms with Gasteiger partial charge in [-0.2, -0.15) is 0 Å². The second-order valence-corrected chi connectivity index (χ2v) is 4.76. The molecule has 4 nitrogen and oxygen atoms in total. The van der Waals surface area contributed by atoms with Crippen molar-refractivity contribution in [2.45, 2.75) is 31.8 Å². The Hall–Kier alpha value is -2.07. The number of nitrogens with two attached hydrogens (primary N) is 1. The summed E-state index contributed by atoms with van der Waals surface area (Å²) in [6.07, 6.45) is 3.15. The minimum atomic E-state index is -0.485. The zero-order valence-electron chi connectivity index (χ0n) is 11.6. The van der Waals surface area contributed by atoms with Gasteiger partial charge in [0.1, 0.15) is 11.8 Å². The zero-order chi connectivity index (χ0) is 14.4. The van der Waals surface area contributed by atoms with E-state index in [4.69, 9.17) is 10.2 Å². The van der Waals surface area contributed by atoms with Crippen LogP contribution in [0.5, 0.6) is 0 Å². The number of hydrogen-bond acceptors (Lipinski definition) is 3. The zero-order valence-corrected chi connectivity index (χ0v) is 11.6. The molecule has 0 saturated carbocycles. The lowest BCUT2D eigenvalue weighted by Crippen LogP contribution is -2.42. The molecule has 0 bridgehead atoms. The van der Waals surface area contributed by atoms with Gasteiger partial charge in [-0.1, -0.05) is 43.7 Å². The van der Waals surface area contributed by atoms with Crippen molar-refractivity contribution >= 4 is 5.91 Å². The highest BCUT2D eigenvalue weighted by Gasteiger charge is 2.22. The Morgan fingerprint density at radius 1 is 1.25 bits per heavy atom. The van der Waals surface area contributed by atoms with Crippen molar-refractivity contribution in [3.05, 3.63) is 60.1 Å². The maximum absolute atomic E-state index is 12.1. The molecule has 1 aromatic carbocycles. The number of amides is 1. The molecule has 0 spiro atoms. The lowest BCUT2D eigenvalue weighted by Gasteiger charge is -2.19. The summed E-state index contributed by atoms with van der Waals surface area (Å²) in [4.78, 5) is 12.1. The van der Waals surface area contributed by atoms with Gasteiger partial charge in [0, 0.05) is 0 Å². The minimum absolute atomic E-state index is 0.155. The fourth-order valence-corrected chi connectivity index (χ4v) is 2.11. The van der Waals surface area contributed by atoms with E-state index in [1.807, 2.05) is 49.4 Å². The number of carbonyl (C=O) groups is 1. The summed E-state index contributed by atoms with van der Waals surface area (Å²) in [6.45, 7) is 2.01. The van der Waals surface area contributed by atoms with Crippen molar-refractivity contribution in [2.24, 2.45) is 5.73 Å². The Morgan fingerprint density at radius 2 is 2.00 bits per heavy atom. The number of rotatable bonds is 6. The Kier molecular flexibility index (Phi) is 4.96. The second-order valence-electron chi connectivity index (χ2n) is 4.76. The molecule has 1 aromatic heterocycles. The largest absolute Gasteiger partial charge is 0.467 e. The lowest BCUT2D eigenvalue weighted by molar-refractivity contribution is -0.123. The van der Waals surface area contributed by atoms with Crippen LogP contribution in [-0.2, 0) is 4.79 Å². The average molecular weight is 272 g/mol. The number of hydrogen-bond donors (Lipinski definition) is 2. The molecule has 0 radical (unpaired) electrons.